The van der Waals surface area contributed by atoms with Crippen molar-refractivity contribution in [1.82, 2.24) is 15.5 Å². The summed E-state index contributed by atoms with van der Waals surface area (Å²) in [6.45, 7) is 2.24. The predicted octanol–water partition coefficient (Wildman–Crippen LogP) is 2.66. The van der Waals surface area contributed by atoms with Gasteiger partial charge in [0.25, 0.3) is 0 Å². The summed E-state index contributed by atoms with van der Waals surface area (Å²) < 4.78 is 23.3. The van der Waals surface area contributed by atoms with Crippen LogP contribution in [-0.4, -0.2) is 62.4 Å². The zero-order chi connectivity index (χ0) is 23.8. The lowest BCUT2D eigenvalue weighted by molar-refractivity contribution is -0.123. The molecule has 8 nitrogen and oxygen atoms in total. The molecule has 3 amide bonds. The molecule has 33 heavy (non-hydrogen) atoms. The van der Waals surface area contributed by atoms with Crippen molar-refractivity contribution in [1.29, 1.82) is 0 Å². The highest BCUT2D eigenvalue weighted by Crippen LogP contribution is 2.16. The Morgan fingerprint density at radius 1 is 1.12 bits per heavy atom. The smallest absolute Gasteiger partial charge is 0.319 e. The Balaban J connectivity index is 1.56. The molecule has 2 aromatic rings. The summed E-state index contributed by atoms with van der Waals surface area (Å²) in [5.41, 5.74) is 1.71. The normalized spacial score (nSPS) is 17.3. The fraction of sp³-hybridized carbons (Fsp3) is 0.391. The number of sulfone groups is 1. The molecule has 10 heteroatoms. The second-order valence-corrected chi connectivity index (χ2v) is 11.0. The summed E-state index contributed by atoms with van der Waals surface area (Å²) in [5.74, 6) is -0.593. The first-order valence-electron chi connectivity index (χ1n) is 10.8. The van der Waals surface area contributed by atoms with Gasteiger partial charge in [-0.1, -0.05) is 41.9 Å². The molecule has 1 aliphatic rings. The summed E-state index contributed by atoms with van der Waals surface area (Å²) >= 11 is 5.94. The Labute approximate surface area is 199 Å². The highest BCUT2D eigenvalue weighted by atomic mass is 35.5. The third kappa shape index (κ3) is 8.68. The number of likely N-dealkylation sites (tertiary alicyclic amines) is 1. The number of para-hydroxylation sites is 1. The molecule has 2 aromatic carbocycles. The molecule has 1 saturated heterocycles. The van der Waals surface area contributed by atoms with Crippen molar-refractivity contribution in [2.45, 2.75) is 31.5 Å². The molecule has 1 aliphatic heterocycles. The van der Waals surface area contributed by atoms with Crippen LogP contribution >= 0.6 is 11.6 Å². The minimum atomic E-state index is -3.29. The maximum atomic E-state index is 12.9. The van der Waals surface area contributed by atoms with Gasteiger partial charge in [-0.2, -0.15) is 0 Å². The van der Waals surface area contributed by atoms with Crippen molar-refractivity contribution in [3.05, 3.63) is 65.2 Å². The van der Waals surface area contributed by atoms with Gasteiger partial charge in [-0.15, -0.1) is 0 Å². The number of halogens is 1. The molecule has 0 radical (unpaired) electrons. The fourth-order valence-corrected chi connectivity index (χ4v) is 4.48. The van der Waals surface area contributed by atoms with Crippen molar-refractivity contribution in [3.8, 4) is 0 Å². The van der Waals surface area contributed by atoms with E-state index < -0.39 is 21.9 Å². The third-order valence-electron chi connectivity index (χ3n) is 5.37. The molecule has 3 N–H and O–H groups in total. The van der Waals surface area contributed by atoms with E-state index in [-0.39, 0.29) is 24.1 Å². The van der Waals surface area contributed by atoms with Gasteiger partial charge in [-0.25, -0.2) is 13.2 Å². The average molecular weight is 493 g/mol. The van der Waals surface area contributed by atoms with E-state index in [1.54, 1.807) is 24.3 Å². The van der Waals surface area contributed by atoms with E-state index in [1.165, 1.54) is 0 Å². The van der Waals surface area contributed by atoms with Crippen molar-refractivity contribution in [2.24, 2.45) is 0 Å². The Hall–Kier alpha value is -2.62. The summed E-state index contributed by atoms with van der Waals surface area (Å²) in [6, 6.07) is 14.9. The molecule has 0 saturated carbocycles. The monoisotopic (exact) mass is 492 g/mol. The van der Waals surface area contributed by atoms with E-state index in [0.717, 1.165) is 31.3 Å². The second kappa shape index (κ2) is 11.5. The van der Waals surface area contributed by atoms with E-state index in [2.05, 4.69) is 20.9 Å². The van der Waals surface area contributed by atoms with Crippen molar-refractivity contribution in [2.75, 3.05) is 30.4 Å². The number of carbonyl (C=O) groups excluding carboxylic acids is 2. The van der Waals surface area contributed by atoms with Gasteiger partial charge in [0.1, 0.15) is 15.9 Å². The highest BCUT2D eigenvalue weighted by Gasteiger charge is 2.28. The Bertz CT molecular complexity index is 1050. The van der Waals surface area contributed by atoms with Crippen LogP contribution in [0.4, 0.5) is 10.5 Å². The molecular weight excluding hydrogens is 464 g/mol. The number of amides is 3. The Morgan fingerprint density at radius 2 is 1.82 bits per heavy atom. The van der Waals surface area contributed by atoms with Crippen LogP contribution in [0, 0.1) is 0 Å². The van der Waals surface area contributed by atoms with Crippen LogP contribution in [0.15, 0.2) is 54.6 Å². The molecule has 3 rings (SSSR count). The predicted molar refractivity (Wildman–Crippen MR) is 130 cm³/mol. The number of benzene rings is 2. The SMILES string of the molecule is CS(=O)(=O)CC[C@H](NC(=O)Nc1ccccc1)C(=O)N[C@@H]1CCN(Cc2ccc(Cl)cc2)C1. The summed E-state index contributed by atoms with van der Waals surface area (Å²) in [7, 11) is -3.29. The van der Waals surface area contributed by atoms with Gasteiger partial charge in [-0.3, -0.25) is 9.69 Å². The molecule has 1 fully saturated rings. The van der Waals surface area contributed by atoms with Crippen LogP contribution in [0.3, 0.4) is 0 Å². The zero-order valence-corrected chi connectivity index (χ0v) is 20.0. The Morgan fingerprint density at radius 3 is 2.48 bits per heavy atom. The maximum Gasteiger partial charge on any atom is 0.319 e. The summed E-state index contributed by atoms with van der Waals surface area (Å²) in [5, 5.41) is 8.93. The lowest BCUT2D eigenvalue weighted by Gasteiger charge is -2.22. The molecule has 0 aromatic heterocycles. The number of hydrogen-bond acceptors (Lipinski definition) is 5. The van der Waals surface area contributed by atoms with Crippen LogP contribution in [0.25, 0.3) is 0 Å². The van der Waals surface area contributed by atoms with Crippen LogP contribution in [0.2, 0.25) is 5.02 Å². The van der Waals surface area contributed by atoms with E-state index in [1.807, 2.05) is 30.3 Å². The lowest BCUT2D eigenvalue weighted by atomic mass is 10.2. The molecule has 0 spiro atoms. The minimum absolute atomic E-state index is 0.00587. The zero-order valence-electron chi connectivity index (χ0n) is 18.5. The van der Waals surface area contributed by atoms with Gasteiger partial charge in [-0.05, 0) is 42.7 Å². The molecule has 1 heterocycles. The van der Waals surface area contributed by atoms with Crippen molar-refractivity contribution >= 4 is 39.1 Å². The van der Waals surface area contributed by atoms with E-state index in [4.69, 9.17) is 11.6 Å². The first kappa shape index (κ1) is 25.0. The summed E-state index contributed by atoms with van der Waals surface area (Å²) in [6.07, 6.45) is 1.88. The number of anilines is 1. The number of rotatable bonds is 9. The van der Waals surface area contributed by atoms with Crippen molar-refractivity contribution in [3.63, 3.8) is 0 Å². The Kier molecular flexibility index (Phi) is 8.71. The lowest BCUT2D eigenvalue weighted by Crippen LogP contribution is -2.51. The van der Waals surface area contributed by atoms with E-state index in [9.17, 15) is 18.0 Å². The topological polar surface area (TPSA) is 108 Å². The molecule has 2 atom stereocenters. The van der Waals surface area contributed by atoms with Gasteiger partial charge in [0.05, 0.1) is 5.75 Å². The molecule has 0 aliphatic carbocycles. The molecule has 0 unspecified atom stereocenters. The maximum absolute atomic E-state index is 12.9. The number of carbonyl (C=O) groups is 2. The second-order valence-electron chi connectivity index (χ2n) is 8.29. The average Bonchev–Trinajstić information content (AvgIpc) is 3.19. The number of urea groups is 1. The van der Waals surface area contributed by atoms with E-state index >= 15 is 0 Å². The third-order valence-corrected chi connectivity index (χ3v) is 6.60. The first-order valence-corrected chi connectivity index (χ1v) is 13.2. The van der Waals surface area contributed by atoms with Gasteiger partial charge < -0.3 is 16.0 Å². The number of hydrogen-bond donors (Lipinski definition) is 3. The first-order chi connectivity index (χ1) is 15.7. The van der Waals surface area contributed by atoms with Gasteiger partial charge in [0, 0.05) is 42.6 Å². The van der Waals surface area contributed by atoms with Crippen LogP contribution in [0.1, 0.15) is 18.4 Å². The van der Waals surface area contributed by atoms with Gasteiger partial charge in [0.2, 0.25) is 5.91 Å². The van der Waals surface area contributed by atoms with Crippen LogP contribution < -0.4 is 16.0 Å². The quantitative estimate of drug-likeness (QED) is 0.499. The number of nitrogens with one attached hydrogen (secondary N) is 3. The number of nitrogens with zero attached hydrogens (tertiary/aromatic N) is 1. The molecular formula is C23H29ClN4O4S. The van der Waals surface area contributed by atoms with Gasteiger partial charge >= 0.3 is 6.03 Å². The van der Waals surface area contributed by atoms with Gasteiger partial charge in [0.15, 0.2) is 0 Å². The summed E-state index contributed by atoms with van der Waals surface area (Å²) in [4.78, 5) is 27.6. The highest BCUT2D eigenvalue weighted by molar-refractivity contribution is 7.90. The molecule has 0 bridgehead atoms. The largest absolute Gasteiger partial charge is 0.350 e. The fourth-order valence-electron chi connectivity index (χ4n) is 3.69. The van der Waals surface area contributed by atoms with E-state index in [0.29, 0.717) is 17.3 Å². The standard InChI is InChI=1S/C23H29ClN4O4S/c1-33(31,32)14-12-21(27-23(30)26-19-5-3-2-4-6-19)22(29)25-20-11-13-28(16-20)15-17-7-9-18(24)10-8-17/h2-10,20-21H,11-16H2,1H3,(H,25,29)(H2,26,27,30)/t20-,21+/m1/s1. The van der Waals surface area contributed by atoms with Crippen LogP contribution in [-0.2, 0) is 21.2 Å². The van der Waals surface area contributed by atoms with Crippen LogP contribution in [0.5, 0.6) is 0 Å². The van der Waals surface area contributed by atoms with Crippen molar-refractivity contribution < 1.29 is 18.0 Å². The minimum Gasteiger partial charge on any atom is -0.350 e. The molecule has 178 valence electrons.